The highest BCUT2D eigenvalue weighted by Gasteiger charge is 2.26. The van der Waals surface area contributed by atoms with Crippen LogP contribution in [0.3, 0.4) is 0 Å². The molecule has 0 amide bonds. The maximum atomic E-state index is 13.5. The lowest BCUT2D eigenvalue weighted by Gasteiger charge is -2.14. The number of hydrogen-bond acceptors (Lipinski definition) is 13. The predicted octanol–water partition coefficient (Wildman–Crippen LogP) is 11.1. The molecule has 2 N–H and O–H groups in total. The second kappa shape index (κ2) is 18.3. The van der Waals surface area contributed by atoms with Gasteiger partial charge in [0.25, 0.3) is 10.1 Å². The Morgan fingerprint density at radius 2 is 1.02 bits per heavy atom. The minimum Gasteiger partial charge on any atom is -0.495 e. The molecule has 13 nitrogen and oxygen atoms in total. The van der Waals surface area contributed by atoms with Crippen molar-refractivity contribution in [2.75, 3.05) is 7.11 Å². The fourth-order valence-electron chi connectivity index (χ4n) is 6.08. The number of nitriles is 1. The van der Waals surface area contributed by atoms with E-state index in [1.54, 1.807) is 54.6 Å². The van der Waals surface area contributed by atoms with Crippen molar-refractivity contribution < 1.29 is 55.0 Å². The molecule has 7 aromatic rings. The molecule has 7 aromatic carbocycles. The first-order valence-electron chi connectivity index (χ1n) is 18.0. The molecular formula is C45H33NO12S3. The first-order chi connectivity index (χ1) is 29.4. The summed E-state index contributed by atoms with van der Waals surface area (Å²) >= 11 is 0.473. The number of ether oxygens (including phenoxy) is 4. The van der Waals surface area contributed by atoms with E-state index in [1.165, 1.54) is 30.9 Å². The number of hydrogen-bond donors (Lipinski definition) is 2. The summed E-state index contributed by atoms with van der Waals surface area (Å²) < 4.78 is 89.6. The van der Waals surface area contributed by atoms with Crippen molar-refractivity contribution in [2.24, 2.45) is 0 Å². The molecule has 0 heterocycles. The predicted molar refractivity (Wildman–Crippen MR) is 225 cm³/mol. The second-order valence-corrected chi connectivity index (χ2v) is 17.2. The average Bonchev–Trinajstić information content (AvgIpc) is 3.26. The molecule has 0 saturated carbocycles. The zero-order valence-electron chi connectivity index (χ0n) is 32.1. The lowest BCUT2D eigenvalue weighted by Crippen LogP contribution is -2.07. The Kier molecular flexibility index (Phi) is 12.7. The van der Waals surface area contributed by atoms with Gasteiger partial charge in [0.05, 0.1) is 33.8 Å². The molecular weight excluding hydrogens is 843 g/mol. The third-order valence-corrected chi connectivity index (χ3v) is 12.4. The Morgan fingerprint density at radius 3 is 1.46 bits per heavy atom. The van der Waals surface area contributed by atoms with Crippen LogP contribution in [0.2, 0.25) is 0 Å². The molecule has 61 heavy (non-hydrogen) atoms. The summed E-state index contributed by atoms with van der Waals surface area (Å²) in [6, 6.07) is 43.7. The Hall–Kier alpha value is -6.68. The molecule has 0 aliphatic rings. The Bertz CT molecular complexity index is 2950. The van der Waals surface area contributed by atoms with Crippen LogP contribution in [0, 0.1) is 18.3 Å². The summed E-state index contributed by atoms with van der Waals surface area (Å²) in [5.41, 5.74) is 5.10. The molecule has 308 valence electrons. The van der Waals surface area contributed by atoms with Gasteiger partial charge in [-0.2, -0.15) is 13.7 Å². The summed E-state index contributed by atoms with van der Waals surface area (Å²) in [4.78, 5) is -1.39. The fraction of sp³-hybridized carbons (Fsp3) is 0.0444. The fourth-order valence-corrected chi connectivity index (χ4v) is 8.70. The molecule has 0 saturated heterocycles. The van der Waals surface area contributed by atoms with Gasteiger partial charge in [-0.15, -0.1) is 4.33 Å². The molecule has 16 heteroatoms. The van der Waals surface area contributed by atoms with Gasteiger partial charge in [-0.1, -0.05) is 77.3 Å². The molecule has 7 rings (SSSR count). The third-order valence-electron chi connectivity index (χ3n) is 9.17. The van der Waals surface area contributed by atoms with Gasteiger partial charge >= 0.3 is 0 Å². The standard InChI is InChI=1S/C45H33NO12S3/c1-29-6-8-30(9-7-29)31-10-16-34(17-11-31)54-40-4-3-5-41(39(40)28-46)55-35-18-12-32(13-19-35)33-14-20-36(21-15-33)56-43-25-23-38(27-45(43)61(50,51)52)60(48,49)37-22-24-42(53-2)44(26-37)59-58-57-47/h3-27,47H,1-2H3,(H,50,51,52). The highest BCUT2D eigenvalue weighted by molar-refractivity contribution is 7.94. The average molecular weight is 876 g/mol. The van der Waals surface area contributed by atoms with E-state index < -0.39 is 29.7 Å². The van der Waals surface area contributed by atoms with Crippen LogP contribution in [0.4, 0.5) is 0 Å². The first kappa shape index (κ1) is 42.4. The van der Waals surface area contributed by atoms with Gasteiger partial charge < -0.3 is 18.9 Å². The van der Waals surface area contributed by atoms with Crippen LogP contribution in [0.1, 0.15) is 11.1 Å². The van der Waals surface area contributed by atoms with Gasteiger partial charge in [0.2, 0.25) is 9.84 Å². The molecule has 0 atom stereocenters. The molecule has 0 unspecified atom stereocenters. The number of nitrogens with zero attached hydrogens (tertiary/aromatic N) is 1. The van der Waals surface area contributed by atoms with Gasteiger partial charge in [0.15, 0.2) is 0 Å². The van der Waals surface area contributed by atoms with Crippen LogP contribution in [0.5, 0.6) is 40.2 Å². The van der Waals surface area contributed by atoms with E-state index in [4.69, 9.17) is 24.2 Å². The SMILES string of the molecule is COc1ccc(S(=O)(=O)c2ccc(Oc3ccc(-c4ccc(Oc5cccc(Oc6ccc(-c7ccc(C)cc7)cc6)c5C#N)cc4)cc3)c(S(=O)(=O)O)c2)cc1SOOO. The number of rotatable bonds is 15. The summed E-state index contributed by atoms with van der Waals surface area (Å²) in [7, 11) is -7.99. The second-order valence-electron chi connectivity index (χ2n) is 13.1. The Balaban J connectivity index is 1.04. The van der Waals surface area contributed by atoms with Crippen LogP contribution in [-0.4, -0.2) is 33.8 Å². The normalized spacial score (nSPS) is 11.4. The number of methoxy groups -OCH3 is 1. The van der Waals surface area contributed by atoms with Crippen LogP contribution in [0.15, 0.2) is 171 Å². The number of sulfone groups is 1. The van der Waals surface area contributed by atoms with Gasteiger partial charge in [-0.05, 0) is 114 Å². The van der Waals surface area contributed by atoms with Crippen molar-refractivity contribution >= 4 is 32.0 Å². The van der Waals surface area contributed by atoms with Crippen molar-refractivity contribution in [3.8, 4) is 68.6 Å². The molecule has 0 aliphatic carbocycles. The number of aryl methyl sites for hydroxylation is 1. The molecule has 0 spiro atoms. The van der Waals surface area contributed by atoms with E-state index in [0.29, 0.717) is 35.0 Å². The molecule has 0 radical (unpaired) electrons. The van der Waals surface area contributed by atoms with Gasteiger partial charge in [-0.25, -0.2) is 13.7 Å². The molecule has 0 bridgehead atoms. The van der Waals surface area contributed by atoms with E-state index >= 15 is 0 Å². The number of benzene rings is 7. The zero-order chi connectivity index (χ0) is 43.1. The molecule has 0 aliphatic heterocycles. The quantitative estimate of drug-likeness (QED) is 0.0428. The van der Waals surface area contributed by atoms with E-state index in [2.05, 4.69) is 39.7 Å². The summed E-state index contributed by atoms with van der Waals surface area (Å²) in [5.74, 6) is 1.77. The summed E-state index contributed by atoms with van der Waals surface area (Å²) in [6.45, 7) is 2.04. The van der Waals surface area contributed by atoms with Crippen LogP contribution >= 0.6 is 12.0 Å². The lowest BCUT2D eigenvalue weighted by molar-refractivity contribution is -0.432. The van der Waals surface area contributed by atoms with Crippen LogP contribution in [0.25, 0.3) is 22.3 Å². The van der Waals surface area contributed by atoms with Crippen molar-refractivity contribution in [2.45, 2.75) is 26.5 Å². The van der Waals surface area contributed by atoms with E-state index in [-0.39, 0.29) is 32.6 Å². The van der Waals surface area contributed by atoms with Crippen LogP contribution < -0.4 is 18.9 Å². The smallest absolute Gasteiger partial charge is 0.298 e. The zero-order valence-corrected chi connectivity index (χ0v) is 34.5. The van der Waals surface area contributed by atoms with Gasteiger partial charge in [0, 0.05) is 0 Å². The first-order valence-corrected chi connectivity index (χ1v) is 21.7. The largest absolute Gasteiger partial charge is 0.495 e. The molecule has 0 aromatic heterocycles. The van der Waals surface area contributed by atoms with E-state index in [9.17, 15) is 26.7 Å². The highest BCUT2D eigenvalue weighted by atomic mass is 32.2. The minimum atomic E-state index is -4.97. The van der Waals surface area contributed by atoms with E-state index in [1.807, 2.05) is 43.3 Å². The summed E-state index contributed by atoms with van der Waals surface area (Å²) in [6.07, 6.45) is 0. The lowest BCUT2D eigenvalue weighted by atomic mass is 10.0. The Labute approximate surface area is 355 Å². The maximum absolute atomic E-state index is 13.5. The van der Waals surface area contributed by atoms with Gasteiger partial charge in [-0.3, -0.25) is 4.55 Å². The van der Waals surface area contributed by atoms with Crippen LogP contribution in [-0.2, 0) is 29.3 Å². The van der Waals surface area contributed by atoms with Crippen molar-refractivity contribution in [3.05, 3.63) is 163 Å². The van der Waals surface area contributed by atoms with Crippen molar-refractivity contribution in [1.82, 2.24) is 0 Å². The Morgan fingerprint density at radius 1 is 0.574 bits per heavy atom. The van der Waals surface area contributed by atoms with Crippen molar-refractivity contribution in [3.63, 3.8) is 0 Å². The molecule has 0 fully saturated rings. The maximum Gasteiger partial charge on any atom is 0.298 e. The van der Waals surface area contributed by atoms with Gasteiger partial charge in [0.1, 0.15) is 56.8 Å². The minimum absolute atomic E-state index is 0.124. The van der Waals surface area contributed by atoms with E-state index in [0.717, 1.165) is 40.5 Å². The van der Waals surface area contributed by atoms with Crippen molar-refractivity contribution in [1.29, 1.82) is 5.26 Å². The monoisotopic (exact) mass is 875 g/mol. The highest BCUT2D eigenvalue weighted by Crippen LogP contribution is 2.38. The third kappa shape index (κ3) is 9.86. The topological polar surface area (TPSA) is 188 Å². The summed E-state index contributed by atoms with van der Waals surface area (Å²) in [5, 5.41) is 22.2.